The third kappa shape index (κ3) is 9.43. The van der Waals surface area contributed by atoms with Crippen molar-refractivity contribution in [2.24, 2.45) is 4.99 Å². The molecular weight excluding hydrogens is 338 g/mol. The lowest BCUT2D eigenvalue weighted by Gasteiger charge is -2.12. The van der Waals surface area contributed by atoms with Crippen molar-refractivity contribution in [1.29, 1.82) is 0 Å². The van der Waals surface area contributed by atoms with Crippen molar-refractivity contribution >= 4 is 27.4 Å². The molecule has 0 aliphatic rings. The number of nitrogens with zero attached hydrogens (tertiary/aromatic N) is 1. The predicted octanol–water partition coefficient (Wildman–Crippen LogP) is 1.11. The molecule has 6 nitrogen and oxygen atoms in total. The Bertz CT molecular complexity index is 606. The predicted molar refractivity (Wildman–Crippen MR) is 95.1 cm³/mol. The van der Waals surface area contributed by atoms with E-state index in [2.05, 4.69) is 15.6 Å². The van der Waals surface area contributed by atoms with Crippen LogP contribution in [-0.2, 0) is 21.0 Å². The van der Waals surface area contributed by atoms with Crippen LogP contribution >= 0.6 is 11.6 Å². The molecule has 0 aromatic heterocycles. The van der Waals surface area contributed by atoms with Gasteiger partial charge in [0.25, 0.3) is 0 Å². The molecule has 0 saturated carbocycles. The molecule has 0 bridgehead atoms. The molecule has 23 heavy (non-hydrogen) atoms. The normalized spacial score (nSPS) is 12.2. The molecule has 0 radical (unpaired) electrons. The Kier molecular flexibility index (Phi) is 8.98. The largest absolute Gasteiger partial charge is 0.379 e. The van der Waals surface area contributed by atoms with E-state index in [1.807, 2.05) is 24.3 Å². The fourth-order valence-electron chi connectivity index (χ4n) is 1.79. The highest BCUT2D eigenvalue weighted by atomic mass is 35.5. The van der Waals surface area contributed by atoms with Gasteiger partial charge in [-0.3, -0.25) is 4.99 Å². The Balaban J connectivity index is 2.16. The fourth-order valence-corrected chi connectivity index (χ4v) is 2.44. The number of hydrogen-bond donors (Lipinski definition) is 2. The van der Waals surface area contributed by atoms with Gasteiger partial charge in [-0.15, -0.1) is 0 Å². The molecular formula is C15H24ClN3O3S. The van der Waals surface area contributed by atoms with Crippen LogP contribution in [0.1, 0.15) is 5.56 Å². The molecule has 2 N–H and O–H groups in total. The molecule has 0 fully saturated rings. The van der Waals surface area contributed by atoms with Gasteiger partial charge >= 0.3 is 0 Å². The summed E-state index contributed by atoms with van der Waals surface area (Å²) in [7, 11) is -1.28. The lowest BCUT2D eigenvalue weighted by molar-refractivity contribution is 0.154. The second-order valence-electron chi connectivity index (χ2n) is 5.01. The van der Waals surface area contributed by atoms with Crippen LogP contribution in [0.25, 0.3) is 0 Å². The molecule has 0 unspecified atom stereocenters. The van der Waals surface area contributed by atoms with Crippen LogP contribution in [0.5, 0.6) is 0 Å². The Hall–Kier alpha value is -1.31. The summed E-state index contributed by atoms with van der Waals surface area (Å²) in [5.41, 5.74) is 1.08. The molecule has 1 aromatic rings. The number of hydrogen-bond acceptors (Lipinski definition) is 4. The zero-order valence-corrected chi connectivity index (χ0v) is 15.1. The number of benzene rings is 1. The summed E-state index contributed by atoms with van der Waals surface area (Å²) in [5, 5.41) is 7.05. The van der Waals surface area contributed by atoms with Gasteiger partial charge in [0.05, 0.1) is 19.0 Å². The third-order valence-electron chi connectivity index (χ3n) is 3.01. The quantitative estimate of drug-likeness (QED) is 0.391. The minimum Gasteiger partial charge on any atom is -0.379 e. The van der Waals surface area contributed by atoms with Gasteiger partial charge in [0.1, 0.15) is 9.84 Å². The smallest absolute Gasteiger partial charge is 0.191 e. The first kappa shape index (κ1) is 19.7. The summed E-state index contributed by atoms with van der Waals surface area (Å²) in [6, 6.07) is 7.74. The van der Waals surface area contributed by atoms with Gasteiger partial charge in [-0.2, -0.15) is 0 Å². The van der Waals surface area contributed by atoms with E-state index in [9.17, 15) is 8.42 Å². The van der Waals surface area contributed by atoms with Crippen LogP contribution in [0.4, 0.5) is 0 Å². The monoisotopic (exact) mass is 361 g/mol. The van der Waals surface area contributed by atoms with Crippen LogP contribution in [0.3, 0.4) is 0 Å². The van der Waals surface area contributed by atoms with Gasteiger partial charge in [0, 0.05) is 31.4 Å². The number of guanidine groups is 1. The first-order valence-electron chi connectivity index (χ1n) is 7.36. The maximum absolute atomic E-state index is 10.9. The van der Waals surface area contributed by atoms with Crippen molar-refractivity contribution in [3.63, 3.8) is 0 Å². The molecule has 0 atom stereocenters. The summed E-state index contributed by atoms with van der Waals surface area (Å²) in [6.07, 6.45) is 1.99. The van der Waals surface area contributed by atoms with Crippen LogP contribution < -0.4 is 10.6 Å². The Morgan fingerprint density at radius 1 is 1.22 bits per heavy atom. The Morgan fingerprint density at radius 3 is 2.57 bits per heavy atom. The number of sulfone groups is 1. The third-order valence-corrected chi connectivity index (χ3v) is 4.28. The topological polar surface area (TPSA) is 79.8 Å². The average Bonchev–Trinajstić information content (AvgIpc) is 2.49. The molecule has 8 heteroatoms. The van der Waals surface area contributed by atoms with Crippen molar-refractivity contribution in [1.82, 2.24) is 10.6 Å². The van der Waals surface area contributed by atoms with Crippen molar-refractivity contribution in [3.8, 4) is 0 Å². The number of aliphatic imine (C=N–C) groups is 1. The van der Waals surface area contributed by atoms with Gasteiger partial charge in [-0.25, -0.2) is 8.42 Å². The minimum absolute atomic E-state index is 0.0395. The minimum atomic E-state index is -2.97. The van der Waals surface area contributed by atoms with Gasteiger partial charge in [-0.1, -0.05) is 29.8 Å². The average molecular weight is 362 g/mol. The molecule has 0 aliphatic carbocycles. The van der Waals surface area contributed by atoms with E-state index in [1.165, 1.54) is 6.26 Å². The zero-order valence-electron chi connectivity index (χ0n) is 13.5. The SMILES string of the molecule is CN=C(NCCOCCS(C)(=O)=O)NCCc1ccccc1Cl. The zero-order chi connectivity index (χ0) is 17.1. The molecule has 0 aliphatic heterocycles. The van der Waals surface area contributed by atoms with Gasteiger partial charge in [0.15, 0.2) is 5.96 Å². The number of nitrogens with one attached hydrogen (secondary N) is 2. The highest BCUT2D eigenvalue weighted by Gasteiger charge is 2.02. The summed E-state index contributed by atoms with van der Waals surface area (Å²) >= 11 is 6.10. The summed E-state index contributed by atoms with van der Waals surface area (Å²) in [4.78, 5) is 4.11. The highest BCUT2D eigenvalue weighted by Crippen LogP contribution is 2.14. The maximum Gasteiger partial charge on any atom is 0.191 e. The summed E-state index contributed by atoms with van der Waals surface area (Å²) in [6.45, 7) is 1.88. The molecule has 0 spiro atoms. The Morgan fingerprint density at radius 2 is 1.91 bits per heavy atom. The van der Waals surface area contributed by atoms with E-state index < -0.39 is 9.84 Å². The molecule has 0 saturated heterocycles. The van der Waals surface area contributed by atoms with Crippen LogP contribution in [-0.4, -0.2) is 59.7 Å². The number of rotatable bonds is 9. The number of ether oxygens (including phenoxy) is 1. The Labute approximate surface area is 143 Å². The standard InChI is InChI=1S/C15H24ClN3O3S/c1-17-15(19-9-10-22-11-12-23(2,20)21)18-8-7-13-5-3-4-6-14(13)16/h3-6H,7-12H2,1-2H3,(H2,17,18,19). The van der Waals surface area contributed by atoms with Crippen LogP contribution in [0.15, 0.2) is 29.3 Å². The first-order valence-corrected chi connectivity index (χ1v) is 9.79. The molecule has 1 rings (SSSR count). The van der Waals surface area contributed by atoms with E-state index in [-0.39, 0.29) is 12.4 Å². The van der Waals surface area contributed by atoms with Crippen molar-refractivity contribution in [2.75, 3.05) is 45.4 Å². The van der Waals surface area contributed by atoms with E-state index in [4.69, 9.17) is 16.3 Å². The van der Waals surface area contributed by atoms with Crippen LogP contribution in [0, 0.1) is 0 Å². The van der Waals surface area contributed by atoms with Gasteiger partial charge < -0.3 is 15.4 Å². The highest BCUT2D eigenvalue weighted by molar-refractivity contribution is 7.90. The molecule has 1 aromatic carbocycles. The van der Waals surface area contributed by atoms with E-state index in [0.29, 0.717) is 25.7 Å². The van der Waals surface area contributed by atoms with Gasteiger partial charge in [0.2, 0.25) is 0 Å². The lowest BCUT2D eigenvalue weighted by Crippen LogP contribution is -2.40. The van der Waals surface area contributed by atoms with E-state index in [0.717, 1.165) is 17.0 Å². The van der Waals surface area contributed by atoms with E-state index >= 15 is 0 Å². The van der Waals surface area contributed by atoms with Crippen molar-refractivity contribution in [3.05, 3.63) is 34.9 Å². The molecule has 0 amide bonds. The van der Waals surface area contributed by atoms with Gasteiger partial charge in [-0.05, 0) is 18.1 Å². The van der Waals surface area contributed by atoms with E-state index in [1.54, 1.807) is 7.05 Å². The second kappa shape index (κ2) is 10.5. The summed E-state index contributed by atoms with van der Waals surface area (Å²) in [5.74, 6) is 0.710. The lowest BCUT2D eigenvalue weighted by atomic mass is 10.1. The van der Waals surface area contributed by atoms with Crippen LogP contribution in [0.2, 0.25) is 5.02 Å². The van der Waals surface area contributed by atoms with Crippen molar-refractivity contribution in [2.45, 2.75) is 6.42 Å². The van der Waals surface area contributed by atoms with Crippen molar-refractivity contribution < 1.29 is 13.2 Å². The second-order valence-corrected chi connectivity index (χ2v) is 7.68. The molecule has 0 heterocycles. The maximum atomic E-state index is 10.9. The molecule has 130 valence electrons. The fraction of sp³-hybridized carbons (Fsp3) is 0.533. The number of halogens is 1. The first-order chi connectivity index (χ1) is 10.9. The summed E-state index contributed by atoms with van der Waals surface area (Å²) < 4.78 is 27.1.